The van der Waals surface area contributed by atoms with E-state index in [9.17, 15) is 18.0 Å². The second kappa shape index (κ2) is 10.6. The Morgan fingerprint density at radius 3 is 2.43 bits per heavy atom. The van der Waals surface area contributed by atoms with E-state index in [1.807, 2.05) is 4.90 Å². The average Bonchev–Trinajstić information content (AvgIpc) is 3.16. The second-order valence-electron chi connectivity index (χ2n) is 7.60. The van der Waals surface area contributed by atoms with E-state index in [4.69, 9.17) is 11.6 Å². The van der Waals surface area contributed by atoms with Crippen molar-refractivity contribution in [1.29, 1.82) is 0 Å². The van der Waals surface area contributed by atoms with Crippen molar-refractivity contribution in [1.82, 2.24) is 19.4 Å². The monoisotopic (exact) mass is 456 g/mol. The zero-order valence-electron chi connectivity index (χ0n) is 17.1. The molecule has 0 aromatic heterocycles. The smallest absolute Gasteiger partial charge is 0.253 e. The van der Waals surface area contributed by atoms with E-state index in [2.05, 4.69) is 5.32 Å². The molecule has 1 N–H and O–H groups in total. The molecular weight excluding hydrogens is 428 g/mol. The van der Waals surface area contributed by atoms with Crippen molar-refractivity contribution in [3.05, 3.63) is 34.9 Å². The highest BCUT2D eigenvalue weighted by Crippen LogP contribution is 2.14. The highest BCUT2D eigenvalue weighted by atomic mass is 35.5. The van der Waals surface area contributed by atoms with Gasteiger partial charge < -0.3 is 15.1 Å². The van der Waals surface area contributed by atoms with Crippen LogP contribution in [-0.4, -0.2) is 92.4 Å². The molecule has 3 rings (SSSR count). The molecule has 0 radical (unpaired) electrons. The number of carbonyl (C=O) groups excluding carboxylic acids is 2. The molecule has 0 bridgehead atoms. The number of rotatable bonds is 9. The summed E-state index contributed by atoms with van der Waals surface area (Å²) in [6.07, 6.45) is 2.06. The number of sulfonamides is 1. The Bertz CT molecular complexity index is 841. The fourth-order valence-electron chi connectivity index (χ4n) is 3.76. The molecule has 8 nitrogen and oxygen atoms in total. The zero-order chi connectivity index (χ0) is 21.6. The maximum absolute atomic E-state index is 13.0. The minimum absolute atomic E-state index is 0.113. The van der Waals surface area contributed by atoms with E-state index in [-0.39, 0.29) is 24.1 Å². The van der Waals surface area contributed by atoms with E-state index in [1.165, 1.54) is 4.31 Å². The first-order chi connectivity index (χ1) is 14.4. The van der Waals surface area contributed by atoms with Gasteiger partial charge in [0.2, 0.25) is 15.9 Å². The largest absolute Gasteiger partial charge is 0.343 e. The van der Waals surface area contributed by atoms with Gasteiger partial charge in [0.25, 0.3) is 5.91 Å². The summed E-state index contributed by atoms with van der Waals surface area (Å²) in [7, 11) is -3.44. The van der Waals surface area contributed by atoms with Gasteiger partial charge in [-0.2, -0.15) is 4.31 Å². The second-order valence-corrected chi connectivity index (χ2v) is 10.1. The van der Waals surface area contributed by atoms with Crippen molar-refractivity contribution in [3.63, 3.8) is 0 Å². The quantitative estimate of drug-likeness (QED) is 0.599. The Balaban J connectivity index is 1.63. The van der Waals surface area contributed by atoms with Gasteiger partial charge >= 0.3 is 0 Å². The van der Waals surface area contributed by atoms with E-state index in [1.54, 1.807) is 29.2 Å². The van der Waals surface area contributed by atoms with Crippen molar-refractivity contribution in [2.75, 3.05) is 58.1 Å². The lowest BCUT2D eigenvalue weighted by Gasteiger charge is -2.29. The van der Waals surface area contributed by atoms with Crippen molar-refractivity contribution in [2.45, 2.75) is 19.3 Å². The molecule has 2 fully saturated rings. The number of halogens is 1. The summed E-state index contributed by atoms with van der Waals surface area (Å²) in [5.74, 6) is -0.198. The summed E-state index contributed by atoms with van der Waals surface area (Å²) >= 11 is 5.92. The van der Waals surface area contributed by atoms with Crippen LogP contribution in [0.15, 0.2) is 24.3 Å². The number of amides is 2. The maximum atomic E-state index is 13.0. The third kappa shape index (κ3) is 6.16. The Morgan fingerprint density at radius 1 is 1.10 bits per heavy atom. The Morgan fingerprint density at radius 2 is 1.80 bits per heavy atom. The molecule has 0 spiro atoms. The topological polar surface area (TPSA) is 90.0 Å². The van der Waals surface area contributed by atoms with Gasteiger partial charge in [-0.25, -0.2) is 8.42 Å². The molecule has 2 amide bonds. The Kier molecular flexibility index (Phi) is 8.10. The highest BCUT2D eigenvalue weighted by Gasteiger charge is 2.26. The first-order valence-corrected chi connectivity index (χ1v) is 12.4. The Labute approximate surface area is 183 Å². The molecular formula is C20H29ClN4O4S. The molecule has 1 aromatic rings. The van der Waals surface area contributed by atoms with Crippen LogP contribution in [0.2, 0.25) is 5.02 Å². The lowest BCUT2D eigenvalue weighted by molar-refractivity contribution is -0.127. The molecule has 1 aromatic carbocycles. The van der Waals surface area contributed by atoms with Crippen molar-refractivity contribution >= 4 is 33.4 Å². The minimum atomic E-state index is -3.44. The highest BCUT2D eigenvalue weighted by molar-refractivity contribution is 7.89. The first-order valence-electron chi connectivity index (χ1n) is 10.4. The van der Waals surface area contributed by atoms with Crippen LogP contribution in [-0.2, 0) is 14.8 Å². The number of hydrogen-bond donors (Lipinski definition) is 1. The molecule has 166 valence electrons. The molecule has 0 atom stereocenters. The molecule has 2 aliphatic rings. The third-order valence-electron chi connectivity index (χ3n) is 5.49. The number of nitrogens with one attached hydrogen (secondary N) is 1. The number of benzene rings is 1. The summed E-state index contributed by atoms with van der Waals surface area (Å²) in [5.41, 5.74) is 0.469. The minimum Gasteiger partial charge on any atom is -0.343 e. The molecule has 0 saturated carbocycles. The van der Waals surface area contributed by atoms with E-state index >= 15 is 0 Å². The van der Waals surface area contributed by atoms with E-state index < -0.39 is 10.0 Å². The summed E-state index contributed by atoms with van der Waals surface area (Å²) in [5, 5.41) is 3.67. The van der Waals surface area contributed by atoms with Crippen LogP contribution in [0, 0.1) is 0 Å². The zero-order valence-corrected chi connectivity index (χ0v) is 18.6. The van der Waals surface area contributed by atoms with Crippen LogP contribution in [0.3, 0.4) is 0 Å². The number of piperazine rings is 1. The Hall–Kier alpha value is -1.68. The predicted molar refractivity (Wildman–Crippen MR) is 116 cm³/mol. The van der Waals surface area contributed by atoms with Gasteiger partial charge in [-0.3, -0.25) is 9.59 Å². The number of nitrogens with zero attached hydrogens (tertiary/aromatic N) is 3. The molecule has 2 saturated heterocycles. The van der Waals surface area contributed by atoms with Gasteiger partial charge in [0.05, 0.1) is 5.75 Å². The molecule has 30 heavy (non-hydrogen) atoms. The van der Waals surface area contributed by atoms with Gasteiger partial charge in [-0.05, 0) is 37.1 Å². The number of carbonyl (C=O) groups is 2. The molecule has 0 aliphatic carbocycles. The summed E-state index contributed by atoms with van der Waals surface area (Å²) < 4.78 is 26.9. The van der Waals surface area contributed by atoms with Crippen LogP contribution in [0.25, 0.3) is 0 Å². The number of hydrogen-bond acceptors (Lipinski definition) is 5. The van der Waals surface area contributed by atoms with Gasteiger partial charge in [0, 0.05) is 69.4 Å². The van der Waals surface area contributed by atoms with Crippen LogP contribution >= 0.6 is 11.6 Å². The van der Waals surface area contributed by atoms with Gasteiger partial charge in [0.15, 0.2) is 0 Å². The third-order valence-corrected chi connectivity index (χ3v) is 7.60. The van der Waals surface area contributed by atoms with E-state index in [0.717, 1.165) is 13.0 Å². The maximum Gasteiger partial charge on any atom is 0.253 e. The molecule has 0 unspecified atom stereocenters. The van der Waals surface area contributed by atoms with Gasteiger partial charge in [0.1, 0.15) is 0 Å². The van der Waals surface area contributed by atoms with Crippen molar-refractivity contribution < 1.29 is 18.0 Å². The molecule has 10 heteroatoms. The molecule has 2 heterocycles. The lowest BCUT2D eigenvalue weighted by atomic mass is 10.2. The SMILES string of the molecule is O=C1CCCN1CCCN(CCS(=O)(=O)N1CCNCC1)C(=O)c1ccc(Cl)cc1. The lowest BCUT2D eigenvalue weighted by Crippen LogP contribution is -2.48. The van der Waals surface area contributed by atoms with Crippen LogP contribution in [0.4, 0.5) is 0 Å². The summed E-state index contributed by atoms with van der Waals surface area (Å²) in [6, 6.07) is 6.58. The predicted octanol–water partition coefficient (Wildman–Crippen LogP) is 1.03. The van der Waals surface area contributed by atoms with Crippen LogP contribution < -0.4 is 5.32 Å². The molecule has 2 aliphatic heterocycles. The van der Waals surface area contributed by atoms with Crippen LogP contribution in [0.1, 0.15) is 29.6 Å². The normalized spacial score (nSPS) is 18.0. The van der Waals surface area contributed by atoms with Crippen LogP contribution in [0.5, 0.6) is 0 Å². The standard InChI is InChI=1S/C20H29ClN4O4S/c21-18-6-4-17(5-7-18)20(27)24(12-2-11-23-10-1-3-19(23)26)15-16-30(28,29)25-13-8-22-9-14-25/h4-7,22H,1-3,8-16H2. The van der Waals surface area contributed by atoms with Gasteiger partial charge in [-0.15, -0.1) is 0 Å². The fourth-order valence-corrected chi connectivity index (χ4v) is 5.33. The van der Waals surface area contributed by atoms with Gasteiger partial charge in [-0.1, -0.05) is 11.6 Å². The average molecular weight is 457 g/mol. The number of likely N-dealkylation sites (tertiary alicyclic amines) is 1. The summed E-state index contributed by atoms with van der Waals surface area (Å²) in [6.45, 7) is 4.00. The summed E-state index contributed by atoms with van der Waals surface area (Å²) in [4.78, 5) is 28.2. The fraction of sp³-hybridized carbons (Fsp3) is 0.600. The van der Waals surface area contributed by atoms with E-state index in [0.29, 0.717) is 62.7 Å². The van der Waals surface area contributed by atoms with Crippen molar-refractivity contribution in [3.8, 4) is 0 Å². The van der Waals surface area contributed by atoms with Crippen molar-refractivity contribution in [2.24, 2.45) is 0 Å². The first kappa shape index (κ1) is 23.0.